The van der Waals surface area contributed by atoms with Gasteiger partial charge in [-0.05, 0) is 13.8 Å². The largest absolute Gasteiger partial charge is 0.338 e. The van der Waals surface area contributed by atoms with Gasteiger partial charge in [-0.3, -0.25) is 0 Å². The molecular weight excluding hydrogens is 184 g/mol. The average Bonchev–Trinajstić information content (AvgIpc) is 2.10. The van der Waals surface area contributed by atoms with Gasteiger partial charge in [-0.1, -0.05) is 6.92 Å². The summed E-state index contributed by atoms with van der Waals surface area (Å²) < 4.78 is 0. The standard InChI is InChI=1S/C9H18N2OS/c1-4-10-9(12)11-5-6-13-8(3)7(11)2/h7-8H,4-6H2,1-3H3,(H,10,12). The molecule has 0 aromatic rings. The van der Waals surface area contributed by atoms with Gasteiger partial charge in [-0.15, -0.1) is 0 Å². The van der Waals surface area contributed by atoms with E-state index in [9.17, 15) is 4.79 Å². The summed E-state index contributed by atoms with van der Waals surface area (Å²) in [5.41, 5.74) is 0. The fraction of sp³-hybridized carbons (Fsp3) is 0.889. The lowest BCUT2D eigenvalue weighted by molar-refractivity contribution is 0.181. The number of hydrogen-bond donors (Lipinski definition) is 1. The second-order valence-corrected chi connectivity index (χ2v) is 4.83. The van der Waals surface area contributed by atoms with Crippen LogP contribution in [-0.2, 0) is 0 Å². The van der Waals surface area contributed by atoms with Gasteiger partial charge < -0.3 is 10.2 Å². The fourth-order valence-electron chi connectivity index (χ4n) is 1.47. The molecule has 76 valence electrons. The third-order valence-electron chi connectivity index (χ3n) is 2.47. The van der Waals surface area contributed by atoms with Crippen molar-refractivity contribution in [3.05, 3.63) is 0 Å². The highest BCUT2D eigenvalue weighted by Gasteiger charge is 2.28. The topological polar surface area (TPSA) is 32.3 Å². The maximum absolute atomic E-state index is 11.6. The Bertz CT molecular complexity index is 186. The second-order valence-electron chi connectivity index (χ2n) is 3.35. The number of nitrogens with zero attached hydrogens (tertiary/aromatic N) is 1. The highest BCUT2D eigenvalue weighted by atomic mass is 32.2. The number of carbonyl (C=O) groups excluding carboxylic acids is 1. The van der Waals surface area contributed by atoms with E-state index in [4.69, 9.17) is 0 Å². The molecule has 2 atom stereocenters. The van der Waals surface area contributed by atoms with E-state index in [0.29, 0.717) is 17.8 Å². The zero-order valence-electron chi connectivity index (χ0n) is 8.54. The zero-order valence-corrected chi connectivity index (χ0v) is 9.36. The molecule has 2 unspecified atom stereocenters. The molecule has 0 spiro atoms. The predicted octanol–water partition coefficient (Wildman–Crippen LogP) is 1.54. The predicted molar refractivity (Wildman–Crippen MR) is 57.2 cm³/mol. The van der Waals surface area contributed by atoms with E-state index in [-0.39, 0.29) is 6.03 Å². The van der Waals surface area contributed by atoms with Crippen LogP contribution in [0, 0.1) is 0 Å². The van der Waals surface area contributed by atoms with E-state index in [1.54, 1.807) is 0 Å². The van der Waals surface area contributed by atoms with Crippen molar-refractivity contribution < 1.29 is 4.79 Å². The molecule has 0 bridgehead atoms. The molecule has 4 heteroatoms. The summed E-state index contributed by atoms with van der Waals surface area (Å²) in [5, 5.41) is 3.40. The Labute approximate surface area is 84.2 Å². The number of carbonyl (C=O) groups is 1. The van der Waals surface area contributed by atoms with Crippen LogP contribution in [0.3, 0.4) is 0 Å². The van der Waals surface area contributed by atoms with E-state index in [2.05, 4.69) is 19.2 Å². The first-order valence-corrected chi connectivity index (χ1v) is 5.87. The number of thioether (sulfide) groups is 1. The molecule has 1 N–H and O–H groups in total. The summed E-state index contributed by atoms with van der Waals surface area (Å²) in [6, 6.07) is 0.437. The van der Waals surface area contributed by atoms with Crippen molar-refractivity contribution in [3.8, 4) is 0 Å². The van der Waals surface area contributed by atoms with Crippen molar-refractivity contribution >= 4 is 17.8 Å². The summed E-state index contributed by atoms with van der Waals surface area (Å²) in [6.45, 7) is 7.84. The van der Waals surface area contributed by atoms with Gasteiger partial charge in [0.05, 0.1) is 0 Å². The molecule has 1 fully saturated rings. The van der Waals surface area contributed by atoms with Crippen LogP contribution in [0.1, 0.15) is 20.8 Å². The van der Waals surface area contributed by atoms with Crippen LogP contribution in [0.2, 0.25) is 0 Å². The molecule has 0 radical (unpaired) electrons. The SMILES string of the molecule is CCNC(=O)N1CCSC(C)C1C. The first-order chi connectivity index (χ1) is 6.16. The number of nitrogens with one attached hydrogen (secondary N) is 1. The smallest absolute Gasteiger partial charge is 0.317 e. The van der Waals surface area contributed by atoms with Crippen LogP contribution in [0.5, 0.6) is 0 Å². The number of amides is 2. The van der Waals surface area contributed by atoms with Crippen LogP contribution in [0.25, 0.3) is 0 Å². The van der Waals surface area contributed by atoms with E-state index in [0.717, 1.165) is 12.3 Å². The second kappa shape index (κ2) is 4.74. The lowest BCUT2D eigenvalue weighted by Crippen LogP contribution is -2.51. The normalized spacial score (nSPS) is 28.7. The number of rotatable bonds is 1. The molecule has 3 nitrogen and oxygen atoms in total. The molecule has 2 amide bonds. The Hall–Kier alpha value is -0.380. The van der Waals surface area contributed by atoms with Crippen molar-refractivity contribution in [3.63, 3.8) is 0 Å². The van der Waals surface area contributed by atoms with Gasteiger partial charge >= 0.3 is 6.03 Å². The Balaban J connectivity index is 2.52. The van der Waals surface area contributed by atoms with Gasteiger partial charge in [0.15, 0.2) is 0 Å². The van der Waals surface area contributed by atoms with E-state index < -0.39 is 0 Å². The maximum Gasteiger partial charge on any atom is 0.317 e. The molecule has 1 aliphatic heterocycles. The van der Waals surface area contributed by atoms with Gasteiger partial charge in [0.25, 0.3) is 0 Å². The molecule has 13 heavy (non-hydrogen) atoms. The van der Waals surface area contributed by atoms with Crippen LogP contribution in [0.15, 0.2) is 0 Å². The van der Waals surface area contributed by atoms with Gasteiger partial charge in [-0.25, -0.2) is 4.79 Å². The summed E-state index contributed by atoms with van der Waals surface area (Å²) in [6.07, 6.45) is 0. The number of urea groups is 1. The number of hydrogen-bond acceptors (Lipinski definition) is 2. The van der Waals surface area contributed by atoms with Crippen LogP contribution < -0.4 is 5.32 Å². The summed E-state index contributed by atoms with van der Waals surface area (Å²) in [4.78, 5) is 13.5. The minimum absolute atomic E-state index is 0.0853. The van der Waals surface area contributed by atoms with Gasteiger partial charge in [-0.2, -0.15) is 11.8 Å². The molecule has 1 heterocycles. The third-order valence-corrected chi connectivity index (χ3v) is 3.81. The molecule has 0 aromatic heterocycles. The summed E-state index contributed by atoms with van der Waals surface area (Å²) >= 11 is 1.94. The molecule has 0 aliphatic carbocycles. The van der Waals surface area contributed by atoms with Crippen molar-refractivity contribution in [2.45, 2.75) is 32.1 Å². The van der Waals surface area contributed by atoms with Crippen molar-refractivity contribution in [1.82, 2.24) is 10.2 Å². The highest BCUT2D eigenvalue weighted by molar-refractivity contribution is 8.00. The van der Waals surface area contributed by atoms with E-state index >= 15 is 0 Å². The fourth-order valence-corrected chi connectivity index (χ4v) is 2.57. The summed E-state index contributed by atoms with van der Waals surface area (Å²) in [5.74, 6) is 1.06. The lowest BCUT2D eigenvalue weighted by atomic mass is 10.2. The summed E-state index contributed by atoms with van der Waals surface area (Å²) in [7, 11) is 0. The Kier molecular flexibility index (Phi) is 3.90. The Morgan fingerprint density at radius 2 is 2.31 bits per heavy atom. The van der Waals surface area contributed by atoms with Crippen molar-refractivity contribution in [1.29, 1.82) is 0 Å². The lowest BCUT2D eigenvalue weighted by Gasteiger charge is -2.37. The molecule has 1 aliphatic rings. The Morgan fingerprint density at radius 1 is 1.62 bits per heavy atom. The van der Waals surface area contributed by atoms with Crippen molar-refractivity contribution in [2.24, 2.45) is 0 Å². The molecular formula is C9H18N2OS. The van der Waals surface area contributed by atoms with E-state index in [1.165, 1.54) is 0 Å². The molecule has 1 rings (SSSR count). The third kappa shape index (κ3) is 2.53. The quantitative estimate of drug-likeness (QED) is 0.699. The highest BCUT2D eigenvalue weighted by Crippen LogP contribution is 2.23. The minimum atomic E-state index is 0.0853. The van der Waals surface area contributed by atoms with Crippen LogP contribution in [-0.4, -0.2) is 41.1 Å². The monoisotopic (exact) mass is 202 g/mol. The van der Waals surface area contributed by atoms with Crippen LogP contribution in [0.4, 0.5) is 4.79 Å². The molecule has 0 saturated carbocycles. The first-order valence-electron chi connectivity index (χ1n) is 4.83. The van der Waals surface area contributed by atoms with Crippen LogP contribution >= 0.6 is 11.8 Å². The zero-order chi connectivity index (χ0) is 9.84. The van der Waals surface area contributed by atoms with Gasteiger partial charge in [0, 0.05) is 30.1 Å². The van der Waals surface area contributed by atoms with Gasteiger partial charge in [0.2, 0.25) is 0 Å². The molecule has 1 saturated heterocycles. The minimum Gasteiger partial charge on any atom is -0.338 e. The first kappa shape index (κ1) is 10.7. The molecule has 0 aromatic carbocycles. The van der Waals surface area contributed by atoms with E-state index in [1.807, 2.05) is 23.6 Å². The maximum atomic E-state index is 11.6. The van der Waals surface area contributed by atoms with Gasteiger partial charge in [0.1, 0.15) is 0 Å². The average molecular weight is 202 g/mol. The van der Waals surface area contributed by atoms with Crippen molar-refractivity contribution in [2.75, 3.05) is 18.8 Å². The Morgan fingerprint density at radius 3 is 2.92 bits per heavy atom.